The average molecular weight is 480 g/mol. The first-order chi connectivity index (χ1) is 16.6. The first-order valence-corrected chi connectivity index (χ1v) is 13.2. The first-order valence-electron chi connectivity index (χ1n) is 11.8. The van der Waals surface area contributed by atoms with Gasteiger partial charge in [0.15, 0.2) is 11.6 Å². The zero-order valence-electron chi connectivity index (χ0n) is 19.1. The fourth-order valence-corrected chi connectivity index (χ4v) is 5.81. The van der Waals surface area contributed by atoms with Crippen LogP contribution in [0.5, 0.6) is 11.5 Å². The molecule has 2 aliphatic heterocycles. The normalized spacial score (nSPS) is 17.5. The third-order valence-corrected chi connectivity index (χ3v) is 8.23. The van der Waals surface area contributed by atoms with Crippen LogP contribution in [0.3, 0.4) is 0 Å². The van der Waals surface area contributed by atoms with E-state index in [0.29, 0.717) is 37.7 Å². The Morgan fingerprint density at radius 1 is 0.618 bits per heavy atom. The minimum Gasteiger partial charge on any atom is -0.457 e. The van der Waals surface area contributed by atoms with Crippen LogP contribution in [-0.4, -0.2) is 62.2 Å². The lowest BCUT2D eigenvalue weighted by molar-refractivity contribution is 0.383. The van der Waals surface area contributed by atoms with Gasteiger partial charge in [-0.15, -0.1) is 10.2 Å². The smallest absolute Gasteiger partial charge is 0.243 e. The number of hydrogen-bond acceptors (Lipinski definition) is 7. The van der Waals surface area contributed by atoms with Gasteiger partial charge in [-0.3, -0.25) is 0 Å². The van der Waals surface area contributed by atoms with Gasteiger partial charge in [0, 0.05) is 39.3 Å². The highest BCUT2D eigenvalue weighted by molar-refractivity contribution is 7.89. The van der Waals surface area contributed by atoms with Gasteiger partial charge in [0.1, 0.15) is 11.5 Å². The molecular formula is C25H29N5O3S. The Bertz CT molecular complexity index is 1170. The summed E-state index contributed by atoms with van der Waals surface area (Å²) in [5.74, 6) is 3.02. The number of anilines is 2. The molecule has 178 valence electrons. The van der Waals surface area contributed by atoms with E-state index in [-0.39, 0.29) is 4.90 Å². The van der Waals surface area contributed by atoms with Gasteiger partial charge in [0.2, 0.25) is 10.0 Å². The van der Waals surface area contributed by atoms with Crippen LogP contribution in [0.2, 0.25) is 0 Å². The highest BCUT2D eigenvalue weighted by atomic mass is 32.2. The number of sulfonamides is 1. The summed E-state index contributed by atoms with van der Waals surface area (Å²) in [5.41, 5.74) is 0. The van der Waals surface area contributed by atoms with Gasteiger partial charge in [-0.25, -0.2) is 8.42 Å². The number of hydrogen-bond donors (Lipinski definition) is 0. The Morgan fingerprint density at radius 2 is 1.18 bits per heavy atom. The largest absolute Gasteiger partial charge is 0.457 e. The van der Waals surface area contributed by atoms with E-state index in [0.717, 1.165) is 24.7 Å². The molecule has 3 heterocycles. The maximum absolute atomic E-state index is 13.2. The van der Waals surface area contributed by atoms with Gasteiger partial charge >= 0.3 is 0 Å². The highest BCUT2D eigenvalue weighted by Gasteiger charge is 2.29. The van der Waals surface area contributed by atoms with Crippen molar-refractivity contribution in [2.24, 2.45) is 0 Å². The van der Waals surface area contributed by atoms with Crippen molar-refractivity contribution in [1.29, 1.82) is 0 Å². The Balaban J connectivity index is 1.19. The van der Waals surface area contributed by atoms with Gasteiger partial charge < -0.3 is 14.5 Å². The SMILES string of the molecule is O=S(=O)(c1ccc(Oc2ccccc2)cc1)N1CCN(c2ccc(N3CCCCC3)nn2)CC1. The Hall–Kier alpha value is -3.17. The molecule has 2 aliphatic rings. The molecule has 9 heteroatoms. The molecule has 0 unspecified atom stereocenters. The molecule has 0 N–H and O–H groups in total. The van der Waals surface area contributed by atoms with Crippen LogP contribution in [-0.2, 0) is 10.0 Å². The maximum atomic E-state index is 13.2. The zero-order valence-corrected chi connectivity index (χ0v) is 19.9. The van der Waals surface area contributed by atoms with Gasteiger partial charge in [-0.1, -0.05) is 18.2 Å². The van der Waals surface area contributed by atoms with Crippen LogP contribution in [0.25, 0.3) is 0 Å². The lowest BCUT2D eigenvalue weighted by Crippen LogP contribution is -2.49. The summed E-state index contributed by atoms with van der Waals surface area (Å²) >= 11 is 0. The van der Waals surface area contributed by atoms with Crippen LogP contribution >= 0.6 is 0 Å². The first kappa shape index (κ1) is 22.6. The number of aromatic nitrogens is 2. The third kappa shape index (κ3) is 5.00. The van der Waals surface area contributed by atoms with E-state index in [2.05, 4.69) is 20.0 Å². The molecule has 2 fully saturated rings. The minimum absolute atomic E-state index is 0.270. The van der Waals surface area contributed by atoms with Gasteiger partial charge in [-0.2, -0.15) is 4.31 Å². The van der Waals surface area contributed by atoms with Crippen LogP contribution in [0.15, 0.2) is 71.6 Å². The Kier molecular flexibility index (Phi) is 6.64. The zero-order chi connectivity index (χ0) is 23.4. The summed E-state index contributed by atoms with van der Waals surface area (Å²) in [4.78, 5) is 4.64. The molecule has 2 saturated heterocycles. The summed E-state index contributed by atoms with van der Waals surface area (Å²) < 4.78 is 33.6. The number of piperazine rings is 1. The van der Waals surface area contributed by atoms with E-state index in [9.17, 15) is 8.42 Å². The second kappa shape index (κ2) is 9.99. The van der Waals surface area contributed by atoms with Crippen molar-refractivity contribution in [3.8, 4) is 11.5 Å². The van der Waals surface area contributed by atoms with Crippen molar-refractivity contribution in [1.82, 2.24) is 14.5 Å². The second-order valence-corrected chi connectivity index (χ2v) is 10.5. The van der Waals surface area contributed by atoms with Crippen molar-refractivity contribution in [3.05, 3.63) is 66.7 Å². The summed E-state index contributed by atoms with van der Waals surface area (Å²) in [7, 11) is -3.57. The fourth-order valence-electron chi connectivity index (χ4n) is 4.39. The van der Waals surface area contributed by atoms with Crippen molar-refractivity contribution in [2.75, 3.05) is 49.1 Å². The van der Waals surface area contributed by atoms with Gasteiger partial charge in [-0.05, 0) is 67.8 Å². The van der Waals surface area contributed by atoms with E-state index < -0.39 is 10.0 Å². The van der Waals surface area contributed by atoms with Gasteiger partial charge in [0.25, 0.3) is 0 Å². The monoisotopic (exact) mass is 479 g/mol. The van der Waals surface area contributed by atoms with E-state index >= 15 is 0 Å². The van der Waals surface area contributed by atoms with Gasteiger partial charge in [0.05, 0.1) is 4.90 Å². The maximum Gasteiger partial charge on any atom is 0.243 e. The molecule has 0 aliphatic carbocycles. The molecule has 34 heavy (non-hydrogen) atoms. The highest BCUT2D eigenvalue weighted by Crippen LogP contribution is 2.25. The van der Waals surface area contributed by atoms with E-state index in [1.54, 1.807) is 24.3 Å². The Labute approximate surface area is 200 Å². The standard InChI is InChI=1S/C25H29N5O3S/c31-34(32,23-11-9-22(10-12-23)33-21-7-3-1-4-8-21)30-19-17-29(18-20-30)25-14-13-24(26-27-25)28-15-5-2-6-16-28/h1,3-4,7-14H,2,5-6,15-20H2. The molecule has 0 atom stereocenters. The van der Waals surface area contributed by atoms with E-state index in [1.807, 2.05) is 42.5 Å². The molecule has 0 spiro atoms. The summed E-state index contributed by atoms with van der Waals surface area (Å²) in [6.45, 7) is 4.02. The lowest BCUT2D eigenvalue weighted by Gasteiger charge is -2.34. The van der Waals surface area contributed by atoms with Crippen LogP contribution in [0, 0.1) is 0 Å². The molecule has 5 rings (SSSR count). The van der Waals surface area contributed by atoms with Crippen LogP contribution in [0.4, 0.5) is 11.6 Å². The molecule has 0 radical (unpaired) electrons. The van der Waals surface area contributed by atoms with E-state index in [4.69, 9.17) is 4.74 Å². The quantitative estimate of drug-likeness (QED) is 0.532. The molecule has 0 bridgehead atoms. The van der Waals surface area contributed by atoms with Crippen LogP contribution in [0.1, 0.15) is 19.3 Å². The van der Waals surface area contributed by atoms with Crippen molar-refractivity contribution < 1.29 is 13.2 Å². The molecule has 0 amide bonds. The third-order valence-electron chi connectivity index (χ3n) is 6.32. The average Bonchev–Trinajstić information content (AvgIpc) is 2.90. The second-order valence-electron chi connectivity index (χ2n) is 8.58. The summed E-state index contributed by atoms with van der Waals surface area (Å²) in [5, 5.41) is 8.84. The van der Waals surface area contributed by atoms with E-state index in [1.165, 1.54) is 23.6 Å². The molecule has 3 aromatic rings. The predicted octanol–water partition coefficient (Wildman–Crippen LogP) is 3.77. The molecular weight excluding hydrogens is 450 g/mol. The molecule has 8 nitrogen and oxygen atoms in total. The minimum atomic E-state index is -3.57. The summed E-state index contributed by atoms with van der Waals surface area (Å²) in [6.07, 6.45) is 3.67. The van der Waals surface area contributed by atoms with Crippen molar-refractivity contribution >= 4 is 21.7 Å². The molecule has 2 aromatic carbocycles. The Morgan fingerprint density at radius 3 is 1.76 bits per heavy atom. The van der Waals surface area contributed by atoms with Crippen molar-refractivity contribution in [2.45, 2.75) is 24.2 Å². The number of para-hydroxylation sites is 1. The van der Waals surface area contributed by atoms with Crippen molar-refractivity contribution in [3.63, 3.8) is 0 Å². The fraction of sp³-hybridized carbons (Fsp3) is 0.360. The number of benzene rings is 2. The predicted molar refractivity (Wildman–Crippen MR) is 132 cm³/mol. The molecule has 1 aromatic heterocycles. The number of piperidine rings is 1. The van der Waals surface area contributed by atoms with Crippen LogP contribution < -0.4 is 14.5 Å². The summed E-state index contributed by atoms with van der Waals surface area (Å²) in [6, 6.07) is 20.0. The number of ether oxygens (including phenoxy) is 1. The lowest BCUT2D eigenvalue weighted by atomic mass is 10.1. The molecule has 0 saturated carbocycles. The number of rotatable bonds is 6. The topological polar surface area (TPSA) is 78.9 Å². The number of nitrogens with zero attached hydrogens (tertiary/aromatic N) is 5.